The van der Waals surface area contributed by atoms with Gasteiger partial charge in [-0.3, -0.25) is 19.1 Å². The fourth-order valence-corrected chi connectivity index (χ4v) is 4.67. The highest BCUT2D eigenvalue weighted by molar-refractivity contribution is 6.06. The van der Waals surface area contributed by atoms with Crippen molar-refractivity contribution in [1.82, 2.24) is 14.5 Å². The van der Waals surface area contributed by atoms with Crippen molar-refractivity contribution in [2.45, 2.75) is 44.2 Å². The van der Waals surface area contributed by atoms with Gasteiger partial charge in [-0.2, -0.15) is 0 Å². The molecule has 0 radical (unpaired) electrons. The topological polar surface area (TPSA) is 85.1 Å². The SMILES string of the molecule is O=Cc1ccc(Cc2cc3c(=O)n(C4CCCCC4O)cnc3c3ccncc23)cc1. The molecule has 2 heterocycles. The highest BCUT2D eigenvalue weighted by atomic mass is 16.3. The molecule has 2 aromatic heterocycles. The fraction of sp³-hybridized carbons (Fsp3) is 0.280. The van der Waals surface area contributed by atoms with E-state index < -0.39 is 6.10 Å². The number of aliphatic hydroxyl groups is 1. The number of rotatable bonds is 4. The number of aliphatic hydroxyl groups excluding tert-OH is 1. The van der Waals surface area contributed by atoms with Gasteiger partial charge >= 0.3 is 0 Å². The van der Waals surface area contributed by atoms with E-state index in [2.05, 4.69) is 9.97 Å². The smallest absolute Gasteiger partial charge is 0.261 e. The summed E-state index contributed by atoms with van der Waals surface area (Å²) < 4.78 is 1.61. The molecule has 2 atom stereocenters. The maximum absolute atomic E-state index is 13.5. The molecular weight excluding hydrogens is 390 g/mol. The van der Waals surface area contributed by atoms with Crippen LogP contribution in [0.15, 0.2) is 59.9 Å². The number of pyridine rings is 1. The fourth-order valence-electron chi connectivity index (χ4n) is 4.67. The molecule has 1 saturated carbocycles. The summed E-state index contributed by atoms with van der Waals surface area (Å²) in [5.41, 5.74) is 3.19. The molecule has 5 rings (SSSR count). The Balaban J connectivity index is 1.67. The minimum absolute atomic E-state index is 0.118. The predicted octanol–water partition coefficient (Wildman–Crippen LogP) is 3.82. The molecule has 0 saturated heterocycles. The van der Waals surface area contributed by atoms with Crippen LogP contribution in [-0.2, 0) is 6.42 Å². The van der Waals surface area contributed by atoms with E-state index in [0.717, 1.165) is 47.4 Å². The number of carbonyl (C=O) groups excluding carboxylic acids is 1. The molecule has 156 valence electrons. The molecule has 0 amide bonds. The molecule has 6 nitrogen and oxygen atoms in total. The van der Waals surface area contributed by atoms with Crippen LogP contribution in [0.25, 0.3) is 21.7 Å². The minimum Gasteiger partial charge on any atom is -0.391 e. The maximum Gasteiger partial charge on any atom is 0.261 e. The van der Waals surface area contributed by atoms with Crippen molar-refractivity contribution in [3.8, 4) is 0 Å². The van der Waals surface area contributed by atoms with Gasteiger partial charge in [-0.1, -0.05) is 37.1 Å². The number of hydrogen-bond acceptors (Lipinski definition) is 5. The quantitative estimate of drug-likeness (QED) is 0.406. The van der Waals surface area contributed by atoms with Crippen molar-refractivity contribution < 1.29 is 9.90 Å². The summed E-state index contributed by atoms with van der Waals surface area (Å²) in [6.45, 7) is 0. The van der Waals surface area contributed by atoms with Crippen molar-refractivity contribution in [2.75, 3.05) is 0 Å². The van der Waals surface area contributed by atoms with Crippen LogP contribution in [0.3, 0.4) is 0 Å². The lowest BCUT2D eigenvalue weighted by atomic mass is 9.92. The molecule has 1 aliphatic rings. The molecule has 0 spiro atoms. The highest BCUT2D eigenvalue weighted by Crippen LogP contribution is 2.30. The third kappa shape index (κ3) is 3.53. The minimum atomic E-state index is -0.522. The van der Waals surface area contributed by atoms with Crippen LogP contribution in [0.2, 0.25) is 0 Å². The third-order valence-electron chi connectivity index (χ3n) is 6.33. The molecule has 0 aliphatic heterocycles. The molecule has 2 aromatic carbocycles. The first-order valence-corrected chi connectivity index (χ1v) is 10.6. The van der Waals surface area contributed by atoms with Gasteiger partial charge in [-0.05, 0) is 42.5 Å². The van der Waals surface area contributed by atoms with Gasteiger partial charge in [0.25, 0.3) is 5.56 Å². The Hall–Kier alpha value is -3.38. The lowest BCUT2D eigenvalue weighted by molar-refractivity contribution is 0.0735. The maximum atomic E-state index is 13.5. The number of hydrogen-bond donors (Lipinski definition) is 1. The molecule has 1 N–H and O–H groups in total. The summed E-state index contributed by atoms with van der Waals surface area (Å²) in [6.07, 6.45) is 9.49. The number of benzene rings is 2. The monoisotopic (exact) mass is 413 g/mol. The summed E-state index contributed by atoms with van der Waals surface area (Å²) in [5, 5.41) is 12.9. The molecular formula is C25H23N3O3. The highest BCUT2D eigenvalue weighted by Gasteiger charge is 2.26. The molecule has 31 heavy (non-hydrogen) atoms. The van der Waals surface area contributed by atoms with E-state index >= 15 is 0 Å². The van der Waals surface area contributed by atoms with Gasteiger partial charge in [-0.15, -0.1) is 0 Å². The van der Waals surface area contributed by atoms with E-state index in [9.17, 15) is 14.7 Å². The number of aldehydes is 1. The van der Waals surface area contributed by atoms with Crippen LogP contribution in [0.1, 0.15) is 53.2 Å². The van der Waals surface area contributed by atoms with Crippen LogP contribution in [0.5, 0.6) is 0 Å². The summed E-state index contributed by atoms with van der Waals surface area (Å²) in [7, 11) is 0. The Morgan fingerprint density at radius 2 is 1.87 bits per heavy atom. The number of carbonyl (C=O) groups is 1. The predicted molar refractivity (Wildman–Crippen MR) is 119 cm³/mol. The van der Waals surface area contributed by atoms with Gasteiger partial charge < -0.3 is 5.11 Å². The Bertz CT molecular complexity index is 1330. The van der Waals surface area contributed by atoms with Crippen LogP contribution < -0.4 is 5.56 Å². The van der Waals surface area contributed by atoms with Crippen molar-refractivity contribution in [1.29, 1.82) is 0 Å². The van der Waals surface area contributed by atoms with Crippen molar-refractivity contribution in [3.05, 3.63) is 82.2 Å². The standard InChI is InChI=1S/C25H23N3O3/c29-14-17-7-5-16(6-8-17)11-18-12-20-24(19-9-10-26-13-21(18)19)27-15-28(25(20)31)22-3-1-2-4-23(22)30/h5-10,12-15,22-23,30H,1-4,11H2. The first kappa shape index (κ1) is 19.6. The van der Waals surface area contributed by atoms with E-state index in [1.807, 2.05) is 30.5 Å². The zero-order valence-corrected chi connectivity index (χ0v) is 17.1. The number of nitrogens with zero attached hydrogens (tertiary/aromatic N) is 3. The first-order valence-electron chi connectivity index (χ1n) is 10.6. The van der Waals surface area contributed by atoms with Gasteiger partial charge in [0.05, 0.1) is 29.4 Å². The van der Waals surface area contributed by atoms with E-state index in [1.54, 1.807) is 29.2 Å². The Morgan fingerprint density at radius 1 is 1.06 bits per heavy atom. The zero-order chi connectivity index (χ0) is 21.4. The zero-order valence-electron chi connectivity index (χ0n) is 17.1. The normalized spacial score (nSPS) is 19.0. The number of aromatic nitrogens is 3. The molecule has 1 fully saturated rings. The number of fused-ring (bicyclic) bond motifs is 3. The van der Waals surface area contributed by atoms with Gasteiger partial charge in [0.2, 0.25) is 0 Å². The second-order valence-electron chi connectivity index (χ2n) is 8.27. The largest absolute Gasteiger partial charge is 0.391 e. The second kappa shape index (κ2) is 8.04. The van der Waals surface area contributed by atoms with E-state index in [0.29, 0.717) is 29.3 Å². The van der Waals surface area contributed by atoms with E-state index in [4.69, 9.17) is 0 Å². The average molecular weight is 413 g/mol. The molecule has 0 bridgehead atoms. The Labute approximate surface area is 179 Å². The second-order valence-corrected chi connectivity index (χ2v) is 8.27. The first-order chi connectivity index (χ1) is 15.2. The van der Waals surface area contributed by atoms with Crippen molar-refractivity contribution in [2.24, 2.45) is 0 Å². The van der Waals surface area contributed by atoms with E-state index in [-0.39, 0.29) is 11.6 Å². The molecule has 1 aliphatic carbocycles. The lowest BCUT2D eigenvalue weighted by Crippen LogP contribution is -2.34. The van der Waals surface area contributed by atoms with Crippen LogP contribution in [0.4, 0.5) is 0 Å². The van der Waals surface area contributed by atoms with Crippen molar-refractivity contribution in [3.63, 3.8) is 0 Å². The van der Waals surface area contributed by atoms with Gasteiger partial charge in [-0.25, -0.2) is 4.98 Å². The summed E-state index contributed by atoms with van der Waals surface area (Å²) in [6, 6.07) is 11.0. The molecule has 4 aromatic rings. The lowest BCUT2D eigenvalue weighted by Gasteiger charge is -2.29. The van der Waals surface area contributed by atoms with E-state index in [1.165, 1.54) is 0 Å². The Kier molecular flexibility index (Phi) is 5.08. The van der Waals surface area contributed by atoms with Crippen molar-refractivity contribution >= 4 is 28.0 Å². The van der Waals surface area contributed by atoms with Gasteiger partial charge in [0.15, 0.2) is 0 Å². The summed E-state index contributed by atoms with van der Waals surface area (Å²) in [5.74, 6) is 0. The summed E-state index contributed by atoms with van der Waals surface area (Å²) >= 11 is 0. The van der Waals surface area contributed by atoms with Crippen LogP contribution >= 0.6 is 0 Å². The third-order valence-corrected chi connectivity index (χ3v) is 6.33. The summed E-state index contributed by atoms with van der Waals surface area (Å²) in [4.78, 5) is 33.3. The molecule has 2 unspecified atom stereocenters. The van der Waals surface area contributed by atoms with Gasteiger partial charge in [0, 0.05) is 28.7 Å². The molecule has 6 heteroatoms. The average Bonchev–Trinajstić information content (AvgIpc) is 2.81. The van der Waals surface area contributed by atoms with Gasteiger partial charge in [0.1, 0.15) is 6.29 Å². The van der Waals surface area contributed by atoms with Crippen LogP contribution in [0, 0.1) is 0 Å². The Morgan fingerprint density at radius 3 is 2.65 bits per heavy atom. The van der Waals surface area contributed by atoms with Crippen LogP contribution in [-0.4, -0.2) is 32.0 Å².